The summed E-state index contributed by atoms with van der Waals surface area (Å²) >= 11 is 0. The molecule has 0 fully saturated rings. The molecule has 2 N–H and O–H groups in total. The first-order valence-corrected chi connectivity index (χ1v) is 8.50. The third kappa shape index (κ3) is 5.63. The quantitative estimate of drug-likeness (QED) is 0.644. The number of hydrogen-bond acceptors (Lipinski definition) is 6. The molecule has 1 aromatic heterocycles. The number of methoxy groups -OCH3 is 1. The molecule has 0 amide bonds. The number of alkyl halides is 3. The van der Waals surface area contributed by atoms with Gasteiger partial charge in [-0.05, 0) is 25.5 Å². The normalized spacial score (nSPS) is 11.3. The summed E-state index contributed by atoms with van der Waals surface area (Å²) < 4.78 is 46.0. The maximum atomic E-state index is 12.3. The van der Waals surface area contributed by atoms with E-state index in [0.717, 1.165) is 31.4 Å². The van der Waals surface area contributed by atoms with Gasteiger partial charge < -0.3 is 19.9 Å². The number of halogens is 3. The van der Waals surface area contributed by atoms with Crippen molar-refractivity contribution in [2.45, 2.75) is 39.5 Å². The van der Waals surface area contributed by atoms with Crippen molar-refractivity contribution in [1.82, 2.24) is 9.97 Å². The zero-order valence-corrected chi connectivity index (χ0v) is 15.4. The van der Waals surface area contributed by atoms with Crippen molar-refractivity contribution in [1.29, 1.82) is 0 Å². The first-order chi connectivity index (χ1) is 12.7. The molecule has 0 saturated carbocycles. The molecule has 0 atom stereocenters. The summed E-state index contributed by atoms with van der Waals surface area (Å²) in [5.74, 6) is -0.205. The van der Waals surface area contributed by atoms with Crippen LogP contribution in [0.3, 0.4) is 0 Å². The summed E-state index contributed by atoms with van der Waals surface area (Å²) in [6.07, 6.45) is -1.68. The Morgan fingerprint density at radius 3 is 2.52 bits per heavy atom. The highest BCUT2D eigenvalue weighted by molar-refractivity contribution is 5.71. The molecule has 1 aromatic carbocycles. The topological polar surface area (TPSA) is 76.5 Å². The third-order valence-electron chi connectivity index (χ3n) is 3.76. The molecule has 0 saturated heterocycles. The summed E-state index contributed by atoms with van der Waals surface area (Å²) in [4.78, 5) is 8.77. The number of phenolic OH excluding ortho intramolecular Hbond substituents is 1. The summed E-state index contributed by atoms with van der Waals surface area (Å²) in [5.41, 5.74) is 1.03. The first-order valence-electron chi connectivity index (χ1n) is 8.50. The molecule has 0 aliphatic rings. The number of nitrogens with zero attached hydrogens (tertiary/aromatic N) is 2. The molecular formula is C18H22F3N3O3. The minimum atomic E-state index is -4.84. The molecule has 6 nitrogen and oxygen atoms in total. The molecule has 2 rings (SSSR count). The van der Waals surface area contributed by atoms with Crippen LogP contribution in [0.1, 0.15) is 31.9 Å². The van der Waals surface area contributed by atoms with Gasteiger partial charge in [0.25, 0.3) is 5.88 Å². The van der Waals surface area contributed by atoms with E-state index < -0.39 is 17.9 Å². The van der Waals surface area contributed by atoms with E-state index in [9.17, 15) is 18.3 Å². The lowest BCUT2D eigenvalue weighted by Crippen LogP contribution is -2.17. The zero-order valence-electron chi connectivity index (χ0n) is 15.4. The number of phenols is 1. The zero-order chi connectivity index (χ0) is 20.0. The van der Waals surface area contributed by atoms with Crippen LogP contribution in [-0.4, -0.2) is 35.1 Å². The second-order valence-corrected chi connectivity index (χ2v) is 5.88. The Kier molecular flexibility index (Phi) is 6.70. The van der Waals surface area contributed by atoms with E-state index >= 15 is 0 Å². The number of aromatic nitrogens is 2. The number of anilines is 1. The van der Waals surface area contributed by atoms with E-state index in [1.165, 1.54) is 13.2 Å². The number of aryl methyl sites for hydroxylation is 1. The van der Waals surface area contributed by atoms with Crippen molar-refractivity contribution in [3.05, 3.63) is 23.9 Å². The largest absolute Gasteiger partial charge is 0.573 e. The van der Waals surface area contributed by atoms with Gasteiger partial charge in [-0.15, -0.1) is 13.2 Å². The summed E-state index contributed by atoms with van der Waals surface area (Å²) in [5, 5.41) is 13.3. The van der Waals surface area contributed by atoms with Gasteiger partial charge in [-0.1, -0.05) is 19.8 Å². The van der Waals surface area contributed by atoms with E-state index in [4.69, 9.17) is 4.74 Å². The van der Waals surface area contributed by atoms with Crippen LogP contribution in [0.25, 0.3) is 11.3 Å². The lowest BCUT2D eigenvalue weighted by atomic mass is 10.1. The van der Waals surface area contributed by atoms with Crippen molar-refractivity contribution in [3.63, 3.8) is 0 Å². The number of hydrogen-bond donors (Lipinski definition) is 2. The Morgan fingerprint density at radius 1 is 1.19 bits per heavy atom. The molecule has 0 aliphatic carbocycles. The van der Waals surface area contributed by atoms with Gasteiger partial charge in [0, 0.05) is 18.2 Å². The fraction of sp³-hybridized carbons (Fsp3) is 0.444. The number of benzene rings is 1. The number of aromatic hydroxyl groups is 1. The number of ether oxygens (including phenoxy) is 2. The third-order valence-corrected chi connectivity index (χ3v) is 3.76. The Balaban J connectivity index is 2.30. The minimum Gasteiger partial charge on any atom is -0.507 e. The van der Waals surface area contributed by atoms with Crippen molar-refractivity contribution in [2.24, 2.45) is 0 Å². The molecular weight excluding hydrogens is 363 g/mol. The smallest absolute Gasteiger partial charge is 0.507 e. The molecule has 9 heteroatoms. The van der Waals surface area contributed by atoms with E-state index in [-0.39, 0.29) is 11.4 Å². The van der Waals surface area contributed by atoms with Crippen molar-refractivity contribution in [3.8, 4) is 28.6 Å². The van der Waals surface area contributed by atoms with Crippen molar-refractivity contribution in [2.75, 3.05) is 19.0 Å². The van der Waals surface area contributed by atoms with Gasteiger partial charge in [0.05, 0.1) is 18.5 Å². The van der Waals surface area contributed by atoms with Gasteiger partial charge in [0.1, 0.15) is 11.5 Å². The highest BCUT2D eigenvalue weighted by atomic mass is 19.4. The lowest BCUT2D eigenvalue weighted by molar-refractivity contribution is -0.274. The van der Waals surface area contributed by atoms with Gasteiger partial charge in [0.2, 0.25) is 0 Å². The van der Waals surface area contributed by atoms with E-state index in [2.05, 4.69) is 26.9 Å². The molecule has 148 valence electrons. The second-order valence-electron chi connectivity index (χ2n) is 5.88. The van der Waals surface area contributed by atoms with Crippen LogP contribution < -0.4 is 14.8 Å². The van der Waals surface area contributed by atoms with Crippen LogP contribution in [0, 0.1) is 6.92 Å². The fourth-order valence-electron chi connectivity index (χ4n) is 2.51. The Labute approximate surface area is 155 Å². The predicted molar refractivity (Wildman–Crippen MR) is 95.1 cm³/mol. The van der Waals surface area contributed by atoms with Crippen LogP contribution >= 0.6 is 0 Å². The van der Waals surface area contributed by atoms with Gasteiger partial charge in [-0.3, -0.25) is 0 Å². The average molecular weight is 385 g/mol. The molecule has 0 aliphatic heterocycles. The van der Waals surface area contributed by atoms with Gasteiger partial charge in [-0.2, -0.15) is 0 Å². The molecule has 1 heterocycles. The Bertz CT molecular complexity index is 782. The first kappa shape index (κ1) is 20.6. The molecule has 0 unspecified atom stereocenters. The van der Waals surface area contributed by atoms with E-state index in [0.29, 0.717) is 23.8 Å². The molecule has 27 heavy (non-hydrogen) atoms. The molecule has 2 aromatic rings. The number of unbranched alkanes of at least 4 members (excludes halogenated alkanes) is 2. The monoisotopic (exact) mass is 385 g/mol. The van der Waals surface area contributed by atoms with Crippen molar-refractivity contribution >= 4 is 5.82 Å². The second kappa shape index (κ2) is 8.79. The minimum absolute atomic E-state index is 0.227. The van der Waals surface area contributed by atoms with E-state index in [1.807, 2.05) is 0 Å². The molecule has 0 spiro atoms. The van der Waals surface area contributed by atoms with Gasteiger partial charge in [-0.25, -0.2) is 9.97 Å². The predicted octanol–water partition coefficient (Wildman–Crippen LogP) is 4.67. The Morgan fingerprint density at radius 2 is 1.93 bits per heavy atom. The highest BCUT2D eigenvalue weighted by Gasteiger charge is 2.31. The maximum absolute atomic E-state index is 12.3. The van der Waals surface area contributed by atoms with Crippen LogP contribution in [0.4, 0.5) is 19.0 Å². The SMILES string of the molecule is CCCCCNc1nc(C)c(-c2ccc(OC(F)(F)F)cc2O)nc1OC. The maximum Gasteiger partial charge on any atom is 0.573 e. The Hall–Kier alpha value is -2.71. The van der Waals surface area contributed by atoms with Crippen LogP contribution in [0.5, 0.6) is 17.4 Å². The van der Waals surface area contributed by atoms with Crippen LogP contribution in [0.2, 0.25) is 0 Å². The van der Waals surface area contributed by atoms with Crippen molar-refractivity contribution < 1.29 is 27.8 Å². The summed E-state index contributed by atoms with van der Waals surface area (Å²) in [6, 6.07) is 3.28. The van der Waals surface area contributed by atoms with Gasteiger partial charge >= 0.3 is 6.36 Å². The highest BCUT2D eigenvalue weighted by Crippen LogP contribution is 2.36. The standard InChI is InChI=1S/C18H22F3N3O3/c1-4-5-6-9-22-16-17(26-3)24-15(11(2)23-16)13-8-7-12(10-14(13)25)27-18(19,20)21/h7-8,10,25H,4-6,9H2,1-3H3,(H,22,23). The number of nitrogens with one attached hydrogen (secondary N) is 1. The molecule has 0 radical (unpaired) electrons. The fourth-order valence-corrected chi connectivity index (χ4v) is 2.51. The lowest BCUT2D eigenvalue weighted by Gasteiger charge is -2.14. The van der Waals surface area contributed by atoms with Crippen LogP contribution in [-0.2, 0) is 0 Å². The van der Waals surface area contributed by atoms with Crippen LogP contribution in [0.15, 0.2) is 18.2 Å². The van der Waals surface area contributed by atoms with E-state index in [1.54, 1.807) is 6.92 Å². The number of rotatable bonds is 8. The summed E-state index contributed by atoms with van der Waals surface area (Å²) in [7, 11) is 1.44. The average Bonchev–Trinajstić information content (AvgIpc) is 2.58. The molecule has 0 bridgehead atoms. The summed E-state index contributed by atoms with van der Waals surface area (Å²) in [6.45, 7) is 4.52. The van der Waals surface area contributed by atoms with Gasteiger partial charge in [0.15, 0.2) is 5.82 Å².